The maximum absolute atomic E-state index is 11.4. The average Bonchev–Trinajstić information content (AvgIpc) is 2.77. The molecule has 2 fully saturated rings. The summed E-state index contributed by atoms with van der Waals surface area (Å²) in [5, 5.41) is 3.45. The summed E-state index contributed by atoms with van der Waals surface area (Å²) >= 11 is 0. The molecule has 0 aromatic rings. The van der Waals surface area contributed by atoms with Gasteiger partial charge in [-0.25, -0.2) is 0 Å². The quantitative estimate of drug-likeness (QED) is 0.732. The highest BCUT2D eigenvalue weighted by Gasteiger charge is 2.35. The molecule has 2 aliphatic heterocycles. The summed E-state index contributed by atoms with van der Waals surface area (Å²) in [6.07, 6.45) is 1.70. The van der Waals surface area contributed by atoms with Gasteiger partial charge in [0, 0.05) is 33.6 Å². The van der Waals surface area contributed by atoms with Crippen LogP contribution in [0.2, 0.25) is 0 Å². The largest absolute Gasteiger partial charge is 0.349 e. The van der Waals surface area contributed by atoms with E-state index in [0.717, 1.165) is 24.8 Å². The average molecular weight is 225 g/mol. The number of nitrogens with one attached hydrogen (secondary N) is 1. The zero-order valence-corrected chi connectivity index (χ0v) is 10.4. The van der Waals surface area contributed by atoms with Gasteiger partial charge in [0.1, 0.15) is 0 Å². The van der Waals surface area contributed by atoms with Gasteiger partial charge >= 0.3 is 0 Å². The molecular weight excluding hydrogens is 202 g/mol. The van der Waals surface area contributed by atoms with E-state index in [0.29, 0.717) is 6.42 Å². The van der Waals surface area contributed by atoms with E-state index < -0.39 is 0 Å². The molecule has 16 heavy (non-hydrogen) atoms. The first-order valence-electron chi connectivity index (χ1n) is 6.30. The summed E-state index contributed by atoms with van der Waals surface area (Å²) in [5.74, 6) is 1.98. The number of amides is 1. The molecule has 2 saturated heterocycles. The van der Waals surface area contributed by atoms with E-state index in [4.69, 9.17) is 0 Å². The lowest BCUT2D eigenvalue weighted by Crippen LogP contribution is -2.28. The molecule has 2 unspecified atom stereocenters. The third kappa shape index (κ3) is 2.74. The Kier molecular flexibility index (Phi) is 3.82. The highest BCUT2D eigenvalue weighted by Crippen LogP contribution is 2.26. The fourth-order valence-electron chi connectivity index (χ4n) is 2.81. The zero-order chi connectivity index (χ0) is 11.5. The smallest absolute Gasteiger partial charge is 0.222 e. The summed E-state index contributed by atoms with van der Waals surface area (Å²) in [7, 11) is 3.66. The molecule has 4 heteroatoms. The van der Waals surface area contributed by atoms with Crippen molar-refractivity contribution in [2.24, 2.45) is 11.8 Å². The van der Waals surface area contributed by atoms with E-state index >= 15 is 0 Å². The molecule has 1 amide bonds. The molecule has 92 valence electrons. The summed E-state index contributed by atoms with van der Waals surface area (Å²) in [4.78, 5) is 15.6. The SMILES string of the molecule is CN(C)C(=O)CCCN1CC2CNCC2C1. The molecule has 0 aromatic carbocycles. The molecule has 2 heterocycles. The molecule has 4 nitrogen and oxygen atoms in total. The van der Waals surface area contributed by atoms with E-state index in [1.54, 1.807) is 4.90 Å². The summed E-state index contributed by atoms with van der Waals surface area (Å²) < 4.78 is 0. The Balaban J connectivity index is 1.63. The molecular formula is C12H23N3O. The van der Waals surface area contributed by atoms with Gasteiger partial charge in [0.05, 0.1) is 0 Å². The standard InChI is InChI=1S/C12H23N3O/c1-14(2)12(16)4-3-5-15-8-10-6-13-7-11(10)9-15/h10-11,13H,3-9H2,1-2H3. The molecule has 0 aliphatic carbocycles. The van der Waals surface area contributed by atoms with E-state index in [9.17, 15) is 4.79 Å². The lowest BCUT2D eigenvalue weighted by Gasteiger charge is -2.17. The van der Waals surface area contributed by atoms with Crippen molar-refractivity contribution in [1.82, 2.24) is 15.1 Å². The highest BCUT2D eigenvalue weighted by atomic mass is 16.2. The van der Waals surface area contributed by atoms with Crippen LogP contribution in [0.1, 0.15) is 12.8 Å². The van der Waals surface area contributed by atoms with Gasteiger partial charge in [0.15, 0.2) is 0 Å². The van der Waals surface area contributed by atoms with Crippen LogP contribution in [0.3, 0.4) is 0 Å². The van der Waals surface area contributed by atoms with E-state index in [1.807, 2.05) is 14.1 Å². The number of carbonyl (C=O) groups excluding carboxylic acids is 1. The van der Waals surface area contributed by atoms with Crippen molar-refractivity contribution in [3.63, 3.8) is 0 Å². The molecule has 0 spiro atoms. The Morgan fingerprint density at radius 1 is 1.31 bits per heavy atom. The van der Waals surface area contributed by atoms with Gasteiger partial charge < -0.3 is 15.1 Å². The Bertz CT molecular complexity index is 243. The second-order valence-corrected chi connectivity index (χ2v) is 5.33. The Hall–Kier alpha value is -0.610. The van der Waals surface area contributed by atoms with Crippen LogP contribution in [-0.2, 0) is 4.79 Å². The predicted molar refractivity (Wildman–Crippen MR) is 64.2 cm³/mol. The Morgan fingerprint density at radius 3 is 2.50 bits per heavy atom. The van der Waals surface area contributed by atoms with Gasteiger partial charge in [-0.1, -0.05) is 0 Å². The number of rotatable bonds is 4. The van der Waals surface area contributed by atoms with Crippen LogP contribution in [0.15, 0.2) is 0 Å². The number of fused-ring (bicyclic) bond motifs is 1. The molecule has 2 aliphatic rings. The van der Waals surface area contributed by atoms with E-state index in [-0.39, 0.29) is 5.91 Å². The molecule has 0 aromatic heterocycles. The monoisotopic (exact) mass is 225 g/mol. The van der Waals surface area contributed by atoms with Crippen LogP contribution in [0.25, 0.3) is 0 Å². The summed E-state index contributed by atoms with van der Waals surface area (Å²) in [6.45, 7) is 5.93. The summed E-state index contributed by atoms with van der Waals surface area (Å²) in [6, 6.07) is 0. The molecule has 2 rings (SSSR count). The number of carbonyl (C=O) groups is 1. The van der Waals surface area contributed by atoms with Crippen molar-refractivity contribution in [2.75, 3.05) is 46.8 Å². The lowest BCUT2D eigenvalue weighted by atomic mass is 10.0. The predicted octanol–water partition coefficient (Wildman–Crippen LogP) is 0.00600. The Morgan fingerprint density at radius 2 is 1.94 bits per heavy atom. The molecule has 0 bridgehead atoms. The lowest BCUT2D eigenvalue weighted by molar-refractivity contribution is -0.128. The van der Waals surface area contributed by atoms with Crippen molar-refractivity contribution in [3.05, 3.63) is 0 Å². The van der Waals surface area contributed by atoms with Gasteiger partial charge in [-0.2, -0.15) is 0 Å². The van der Waals surface area contributed by atoms with Gasteiger partial charge in [0.2, 0.25) is 5.91 Å². The van der Waals surface area contributed by atoms with Crippen molar-refractivity contribution in [1.29, 1.82) is 0 Å². The van der Waals surface area contributed by atoms with Crippen LogP contribution >= 0.6 is 0 Å². The number of hydrogen-bond acceptors (Lipinski definition) is 3. The number of nitrogens with zero attached hydrogens (tertiary/aromatic N) is 2. The van der Waals surface area contributed by atoms with Crippen LogP contribution < -0.4 is 5.32 Å². The van der Waals surface area contributed by atoms with Crippen molar-refractivity contribution in [2.45, 2.75) is 12.8 Å². The highest BCUT2D eigenvalue weighted by molar-refractivity contribution is 5.75. The van der Waals surface area contributed by atoms with Gasteiger partial charge in [-0.3, -0.25) is 4.79 Å². The third-order valence-electron chi connectivity index (χ3n) is 3.83. The van der Waals surface area contributed by atoms with Gasteiger partial charge in [0.25, 0.3) is 0 Å². The first-order chi connectivity index (χ1) is 7.66. The van der Waals surface area contributed by atoms with Crippen LogP contribution in [-0.4, -0.2) is 62.5 Å². The van der Waals surface area contributed by atoms with Crippen molar-refractivity contribution in [3.8, 4) is 0 Å². The van der Waals surface area contributed by atoms with Crippen LogP contribution in [0.4, 0.5) is 0 Å². The van der Waals surface area contributed by atoms with Crippen LogP contribution in [0, 0.1) is 11.8 Å². The van der Waals surface area contributed by atoms with Gasteiger partial charge in [-0.15, -0.1) is 0 Å². The first kappa shape index (κ1) is 11.9. The first-order valence-corrected chi connectivity index (χ1v) is 6.30. The zero-order valence-electron chi connectivity index (χ0n) is 10.4. The second-order valence-electron chi connectivity index (χ2n) is 5.33. The van der Waals surface area contributed by atoms with Crippen LogP contribution in [0.5, 0.6) is 0 Å². The van der Waals surface area contributed by atoms with E-state index in [1.165, 1.54) is 26.2 Å². The summed E-state index contributed by atoms with van der Waals surface area (Å²) in [5.41, 5.74) is 0. The topological polar surface area (TPSA) is 35.6 Å². The fraction of sp³-hybridized carbons (Fsp3) is 0.917. The Labute approximate surface area is 98.0 Å². The number of likely N-dealkylation sites (tertiary alicyclic amines) is 1. The minimum Gasteiger partial charge on any atom is -0.349 e. The number of hydrogen-bond donors (Lipinski definition) is 1. The van der Waals surface area contributed by atoms with Crippen molar-refractivity contribution < 1.29 is 4.79 Å². The minimum atomic E-state index is 0.251. The maximum Gasteiger partial charge on any atom is 0.222 e. The third-order valence-corrected chi connectivity index (χ3v) is 3.83. The molecule has 1 N–H and O–H groups in total. The fourth-order valence-corrected chi connectivity index (χ4v) is 2.81. The van der Waals surface area contributed by atoms with E-state index in [2.05, 4.69) is 10.2 Å². The van der Waals surface area contributed by atoms with Crippen molar-refractivity contribution >= 4 is 5.91 Å². The maximum atomic E-state index is 11.4. The molecule has 2 atom stereocenters. The second kappa shape index (κ2) is 5.15. The normalized spacial score (nSPS) is 29.4. The van der Waals surface area contributed by atoms with Gasteiger partial charge in [-0.05, 0) is 37.9 Å². The molecule has 0 radical (unpaired) electrons. The molecule has 0 saturated carbocycles. The minimum absolute atomic E-state index is 0.251.